The van der Waals surface area contributed by atoms with Gasteiger partial charge >= 0.3 is 11.9 Å². The average Bonchev–Trinajstić information content (AvgIpc) is 2.71. The Hall–Kier alpha value is -2.68. The molecule has 2 rings (SSSR count). The molecule has 22 heavy (non-hydrogen) atoms. The van der Waals surface area contributed by atoms with Crippen LogP contribution in [0.2, 0.25) is 0 Å². The van der Waals surface area contributed by atoms with Gasteiger partial charge in [0.25, 0.3) is 15.9 Å². The maximum absolute atomic E-state index is 12.4. The molecule has 0 radical (unpaired) electrons. The molecule has 0 fully saturated rings. The van der Waals surface area contributed by atoms with Crippen LogP contribution >= 0.6 is 0 Å². The van der Waals surface area contributed by atoms with E-state index in [1.54, 1.807) is 0 Å². The lowest BCUT2D eigenvalue weighted by molar-refractivity contribution is -0.139. The molecule has 0 spiro atoms. The first-order chi connectivity index (χ1) is 10.3. The summed E-state index contributed by atoms with van der Waals surface area (Å²) in [4.78, 5) is 35.2. The molecule has 0 aromatic heterocycles. The van der Waals surface area contributed by atoms with Crippen LogP contribution in [-0.4, -0.2) is 44.8 Å². The van der Waals surface area contributed by atoms with Crippen molar-refractivity contribution in [2.24, 2.45) is 0 Å². The molecule has 0 atom stereocenters. The summed E-state index contributed by atoms with van der Waals surface area (Å²) in [5.74, 6) is -3.11. The maximum Gasteiger partial charge on any atom is 0.356 e. The molecular weight excluding hydrogens is 314 g/mol. The van der Waals surface area contributed by atoms with E-state index in [0.29, 0.717) is 6.08 Å². The molecule has 9 heteroatoms. The zero-order valence-electron chi connectivity index (χ0n) is 11.6. The highest BCUT2D eigenvalue weighted by molar-refractivity contribution is 7.90. The fourth-order valence-corrected chi connectivity index (χ4v) is 3.48. The number of esters is 2. The summed E-state index contributed by atoms with van der Waals surface area (Å²) in [6, 6.07) is 5.46. The molecule has 1 heterocycles. The summed E-state index contributed by atoms with van der Waals surface area (Å²) >= 11 is 0. The molecule has 0 N–H and O–H groups in total. The second-order valence-electron chi connectivity index (χ2n) is 4.12. The highest BCUT2D eigenvalue weighted by Gasteiger charge is 2.45. The molecule has 0 bridgehead atoms. The van der Waals surface area contributed by atoms with Crippen molar-refractivity contribution in [1.82, 2.24) is 4.31 Å². The largest absolute Gasteiger partial charge is 0.466 e. The summed E-state index contributed by atoms with van der Waals surface area (Å²) in [5, 5.41) is 0. The lowest BCUT2D eigenvalue weighted by Crippen LogP contribution is -2.34. The van der Waals surface area contributed by atoms with Crippen LogP contribution in [0.5, 0.6) is 0 Å². The van der Waals surface area contributed by atoms with Gasteiger partial charge in [-0.15, -0.1) is 0 Å². The predicted molar refractivity (Wildman–Crippen MR) is 71.9 cm³/mol. The van der Waals surface area contributed by atoms with Crippen LogP contribution in [0.1, 0.15) is 10.4 Å². The molecule has 1 amide bonds. The van der Waals surface area contributed by atoms with E-state index in [1.807, 2.05) is 0 Å². The van der Waals surface area contributed by atoms with Crippen LogP contribution in [0.4, 0.5) is 0 Å². The van der Waals surface area contributed by atoms with E-state index in [4.69, 9.17) is 0 Å². The number of nitrogens with zero attached hydrogens (tertiary/aromatic N) is 1. The van der Waals surface area contributed by atoms with Gasteiger partial charge in [0, 0.05) is 0 Å². The number of benzene rings is 1. The molecule has 0 aliphatic carbocycles. The lowest BCUT2D eigenvalue weighted by atomic mass is 10.2. The van der Waals surface area contributed by atoms with Gasteiger partial charge in [0.05, 0.1) is 25.9 Å². The van der Waals surface area contributed by atoms with Gasteiger partial charge in [-0.3, -0.25) is 4.79 Å². The Bertz CT molecular complexity index is 794. The second kappa shape index (κ2) is 5.60. The highest BCUT2D eigenvalue weighted by Crippen LogP contribution is 2.33. The zero-order valence-corrected chi connectivity index (χ0v) is 12.4. The number of hydrogen-bond donors (Lipinski definition) is 0. The van der Waals surface area contributed by atoms with Gasteiger partial charge in [-0.25, -0.2) is 18.0 Å². The second-order valence-corrected chi connectivity index (χ2v) is 5.87. The van der Waals surface area contributed by atoms with Crippen molar-refractivity contribution in [2.45, 2.75) is 4.90 Å². The number of carbonyl (C=O) groups excluding carboxylic acids is 3. The number of amides is 1. The molecule has 1 aromatic carbocycles. The van der Waals surface area contributed by atoms with E-state index in [2.05, 4.69) is 9.47 Å². The number of hydrogen-bond acceptors (Lipinski definition) is 7. The van der Waals surface area contributed by atoms with Gasteiger partial charge in [-0.1, -0.05) is 12.1 Å². The van der Waals surface area contributed by atoms with Gasteiger partial charge in [-0.2, -0.15) is 4.31 Å². The minimum atomic E-state index is -4.30. The van der Waals surface area contributed by atoms with E-state index < -0.39 is 33.6 Å². The Kier molecular flexibility index (Phi) is 4.00. The predicted octanol–water partition coefficient (Wildman–Crippen LogP) is 0.0610. The van der Waals surface area contributed by atoms with Gasteiger partial charge in [-0.05, 0) is 12.1 Å². The van der Waals surface area contributed by atoms with Gasteiger partial charge < -0.3 is 9.47 Å². The molecule has 1 aliphatic rings. The van der Waals surface area contributed by atoms with Crippen molar-refractivity contribution in [3.63, 3.8) is 0 Å². The Labute approximate surface area is 126 Å². The average molecular weight is 325 g/mol. The first kappa shape index (κ1) is 15.7. The third kappa shape index (κ3) is 2.35. The quantitative estimate of drug-likeness (QED) is 0.571. The molecule has 0 unspecified atom stereocenters. The van der Waals surface area contributed by atoms with E-state index in [-0.39, 0.29) is 14.8 Å². The normalized spacial score (nSPS) is 16.2. The molecule has 0 saturated heterocycles. The first-order valence-corrected chi connectivity index (χ1v) is 7.35. The van der Waals surface area contributed by atoms with E-state index >= 15 is 0 Å². The number of rotatable bonds is 3. The van der Waals surface area contributed by atoms with Crippen molar-refractivity contribution in [3.05, 3.63) is 41.6 Å². The molecule has 1 aromatic rings. The van der Waals surface area contributed by atoms with Gasteiger partial charge in [0.15, 0.2) is 5.70 Å². The number of fused-ring (bicyclic) bond motifs is 1. The SMILES string of the molecule is COC(=O)/C=C(/C(=O)OC)N1C(=O)c2ccccc2S1(=O)=O. The molecule has 1 aliphatic heterocycles. The highest BCUT2D eigenvalue weighted by atomic mass is 32.2. The number of ether oxygens (including phenoxy) is 2. The summed E-state index contributed by atoms with van der Waals surface area (Å²) in [6.07, 6.45) is 0.590. The number of sulfonamides is 1. The Morgan fingerprint density at radius 1 is 1.14 bits per heavy atom. The topological polar surface area (TPSA) is 107 Å². The van der Waals surface area contributed by atoms with Crippen LogP contribution in [0.15, 0.2) is 40.9 Å². The Morgan fingerprint density at radius 3 is 2.32 bits per heavy atom. The van der Waals surface area contributed by atoms with E-state index in [0.717, 1.165) is 14.2 Å². The fraction of sp³-hybridized carbons (Fsp3) is 0.154. The molecular formula is C13H11NO7S. The number of methoxy groups -OCH3 is 2. The molecule has 0 saturated carbocycles. The monoisotopic (exact) mass is 325 g/mol. The van der Waals surface area contributed by atoms with Crippen LogP contribution in [0.25, 0.3) is 0 Å². The van der Waals surface area contributed by atoms with E-state index in [1.165, 1.54) is 24.3 Å². The summed E-state index contributed by atoms with van der Waals surface area (Å²) in [6.45, 7) is 0. The Morgan fingerprint density at radius 2 is 1.77 bits per heavy atom. The standard InChI is InChI=1S/C13H11NO7S/c1-20-11(15)7-9(13(17)21-2)14-12(16)8-5-3-4-6-10(8)22(14,18)19/h3-7H,1-2H3/b9-7-. The Balaban J connectivity index is 2.65. The fourth-order valence-electron chi connectivity index (χ4n) is 1.90. The van der Waals surface area contributed by atoms with Crippen molar-refractivity contribution < 1.29 is 32.3 Å². The van der Waals surface area contributed by atoms with Crippen LogP contribution in [-0.2, 0) is 29.1 Å². The third-order valence-electron chi connectivity index (χ3n) is 2.89. The van der Waals surface area contributed by atoms with Gasteiger partial charge in [0.2, 0.25) is 0 Å². The zero-order chi connectivity index (χ0) is 16.5. The minimum absolute atomic E-state index is 0.0952. The van der Waals surface area contributed by atoms with Crippen LogP contribution in [0.3, 0.4) is 0 Å². The molecule has 8 nitrogen and oxygen atoms in total. The van der Waals surface area contributed by atoms with Crippen LogP contribution < -0.4 is 0 Å². The van der Waals surface area contributed by atoms with E-state index in [9.17, 15) is 22.8 Å². The van der Waals surface area contributed by atoms with Crippen molar-refractivity contribution >= 4 is 27.9 Å². The van der Waals surface area contributed by atoms with Gasteiger partial charge in [0.1, 0.15) is 4.90 Å². The number of carbonyl (C=O) groups is 3. The lowest BCUT2D eigenvalue weighted by Gasteiger charge is -2.16. The smallest absolute Gasteiger partial charge is 0.356 e. The third-order valence-corrected chi connectivity index (χ3v) is 4.64. The first-order valence-electron chi connectivity index (χ1n) is 5.91. The minimum Gasteiger partial charge on any atom is -0.466 e. The maximum atomic E-state index is 12.4. The molecule has 116 valence electrons. The summed E-state index contributed by atoms with van der Waals surface area (Å²) in [5.41, 5.74) is -0.835. The summed E-state index contributed by atoms with van der Waals surface area (Å²) < 4.78 is 33.9. The van der Waals surface area contributed by atoms with Crippen molar-refractivity contribution in [2.75, 3.05) is 14.2 Å². The summed E-state index contributed by atoms with van der Waals surface area (Å²) in [7, 11) is -2.26. The van der Waals surface area contributed by atoms with Crippen molar-refractivity contribution in [3.8, 4) is 0 Å². The van der Waals surface area contributed by atoms with Crippen LogP contribution in [0, 0.1) is 0 Å². The van der Waals surface area contributed by atoms with Crippen molar-refractivity contribution in [1.29, 1.82) is 0 Å².